The third-order valence-corrected chi connectivity index (χ3v) is 2.40. The van der Waals surface area contributed by atoms with Gasteiger partial charge in [0.2, 0.25) is 0 Å². The number of aliphatic hydroxyl groups excluding tert-OH is 1. The van der Waals surface area contributed by atoms with Crippen LogP contribution < -0.4 is 5.32 Å². The van der Waals surface area contributed by atoms with E-state index < -0.39 is 0 Å². The zero-order valence-corrected chi connectivity index (χ0v) is 7.34. The smallest absolute Gasteiger partial charge is 0.0524 e. The van der Waals surface area contributed by atoms with E-state index in [1.54, 1.807) is 0 Å². The van der Waals surface area contributed by atoms with Crippen LogP contribution in [0.3, 0.4) is 0 Å². The summed E-state index contributed by atoms with van der Waals surface area (Å²) in [6, 6.07) is 0. The summed E-state index contributed by atoms with van der Waals surface area (Å²) in [6.07, 6.45) is 4.96. The van der Waals surface area contributed by atoms with Gasteiger partial charge in [0, 0.05) is 0 Å². The highest BCUT2D eigenvalue weighted by atomic mass is 16.3. The fourth-order valence-corrected chi connectivity index (χ4v) is 1.31. The van der Waals surface area contributed by atoms with Gasteiger partial charge in [0.05, 0.1) is 6.10 Å². The summed E-state index contributed by atoms with van der Waals surface area (Å²) in [5.74, 6) is 0.934. The molecule has 0 amide bonds. The second-order valence-corrected chi connectivity index (χ2v) is 3.64. The molecule has 1 atom stereocenters. The lowest BCUT2D eigenvalue weighted by molar-refractivity contribution is 0.181. The van der Waals surface area contributed by atoms with E-state index >= 15 is 0 Å². The standard InChI is InChI=1S/C9H19NO/c1-8(11)5-6-10-7-9-3-2-4-9/h8-11H,2-7H2,1H3. The Morgan fingerprint density at radius 3 is 2.73 bits per heavy atom. The number of aliphatic hydroxyl groups is 1. The third-order valence-electron chi connectivity index (χ3n) is 2.40. The molecule has 0 radical (unpaired) electrons. The van der Waals surface area contributed by atoms with E-state index in [-0.39, 0.29) is 6.10 Å². The van der Waals surface area contributed by atoms with Crippen molar-refractivity contribution in [1.29, 1.82) is 0 Å². The lowest BCUT2D eigenvalue weighted by Crippen LogP contribution is -2.29. The summed E-state index contributed by atoms with van der Waals surface area (Å²) in [4.78, 5) is 0. The van der Waals surface area contributed by atoms with E-state index in [4.69, 9.17) is 5.11 Å². The molecule has 0 aromatic heterocycles. The van der Waals surface area contributed by atoms with Gasteiger partial charge in [-0.3, -0.25) is 0 Å². The first-order valence-corrected chi connectivity index (χ1v) is 4.68. The summed E-state index contributed by atoms with van der Waals surface area (Å²) in [5, 5.41) is 12.3. The van der Waals surface area contributed by atoms with Gasteiger partial charge in [0.25, 0.3) is 0 Å². The van der Waals surface area contributed by atoms with Crippen LogP contribution >= 0.6 is 0 Å². The normalized spacial score (nSPS) is 21.3. The van der Waals surface area contributed by atoms with E-state index in [2.05, 4.69) is 5.32 Å². The Morgan fingerprint density at radius 1 is 1.55 bits per heavy atom. The summed E-state index contributed by atoms with van der Waals surface area (Å²) in [6.45, 7) is 3.96. The van der Waals surface area contributed by atoms with Gasteiger partial charge in [0.1, 0.15) is 0 Å². The predicted octanol–water partition coefficient (Wildman–Crippen LogP) is 1.15. The molecular weight excluding hydrogens is 138 g/mol. The molecule has 1 saturated carbocycles. The van der Waals surface area contributed by atoms with Crippen molar-refractivity contribution in [3.63, 3.8) is 0 Å². The topological polar surface area (TPSA) is 32.3 Å². The first-order chi connectivity index (χ1) is 5.29. The van der Waals surface area contributed by atoms with Crippen LogP contribution in [0.2, 0.25) is 0 Å². The monoisotopic (exact) mass is 157 g/mol. The summed E-state index contributed by atoms with van der Waals surface area (Å²) < 4.78 is 0. The van der Waals surface area contributed by atoms with Crippen LogP contribution in [0.15, 0.2) is 0 Å². The molecule has 0 bridgehead atoms. The Labute approximate surface area is 69.0 Å². The molecule has 2 heteroatoms. The van der Waals surface area contributed by atoms with Crippen molar-refractivity contribution in [1.82, 2.24) is 5.32 Å². The highest BCUT2D eigenvalue weighted by Gasteiger charge is 2.15. The average Bonchev–Trinajstić information content (AvgIpc) is 1.82. The van der Waals surface area contributed by atoms with Crippen molar-refractivity contribution < 1.29 is 5.11 Å². The maximum Gasteiger partial charge on any atom is 0.0524 e. The molecule has 1 unspecified atom stereocenters. The zero-order chi connectivity index (χ0) is 8.10. The van der Waals surface area contributed by atoms with Gasteiger partial charge in [-0.2, -0.15) is 0 Å². The maximum atomic E-state index is 8.95. The molecule has 0 saturated heterocycles. The minimum atomic E-state index is -0.149. The molecule has 0 aromatic carbocycles. The third kappa shape index (κ3) is 3.73. The summed E-state index contributed by atoms with van der Waals surface area (Å²) in [7, 11) is 0. The van der Waals surface area contributed by atoms with Crippen molar-refractivity contribution in [2.45, 2.75) is 38.7 Å². The highest BCUT2D eigenvalue weighted by molar-refractivity contribution is 4.71. The van der Waals surface area contributed by atoms with E-state index in [0.717, 1.165) is 25.4 Å². The zero-order valence-electron chi connectivity index (χ0n) is 7.34. The van der Waals surface area contributed by atoms with Crippen molar-refractivity contribution in [2.24, 2.45) is 5.92 Å². The Morgan fingerprint density at radius 2 is 2.27 bits per heavy atom. The van der Waals surface area contributed by atoms with Crippen molar-refractivity contribution in [3.8, 4) is 0 Å². The molecule has 1 aliphatic carbocycles. The second kappa shape index (κ2) is 4.73. The molecule has 2 N–H and O–H groups in total. The molecule has 0 spiro atoms. The molecule has 1 rings (SSSR count). The van der Waals surface area contributed by atoms with Gasteiger partial charge in [-0.05, 0) is 45.2 Å². The van der Waals surface area contributed by atoms with Gasteiger partial charge >= 0.3 is 0 Å². The van der Waals surface area contributed by atoms with Crippen LogP contribution in [0.4, 0.5) is 0 Å². The van der Waals surface area contributed by atoms with Gasteiger partial charge in [-0.1, -0.05) is 6.42 Å². The lowest BCUT2D eigenvalue weighted by atomic mass is 9.85. The molecule has 66 valence electrons. The maximum absolute atomic E-state index is 8.95. The minimum Gasteiger partial charge on any atom is -0.393 e. The van der Waals surface area contributed by atoms with Crippen LogP contribution in [0.5, 0.6) is 0 Å². The van der Waals surface area contributed by atoms with Crippen molar-refractivity contribution in [3.05, 3.63) is 0 Å². The van der Waals surface area contributed by atoms with Crippen LogP contribution in [-0.4, -0.2) is 24.3 Å². The minimum absolute atomic E-state index is 0.149. The van der Waals surface area contributed by atoms with E-state index in [9.17, 15) is 0 Å². The lowest BCUT2D eigenvalue weighted by Gasteiger charge is -2.25. The largest absolute Gasteiger partial charge is 0.393 e. The molecule has 11 heavy (non-hydrogen) atoms. The number of rotatable bonds is 5. The van der Waals surface area contributed by atoms with Crippen LogP contribution in [0.25, 0.3) is 0 Å². The first kappa shape index (κ1) is 9.01. The fraction of sp³-hybridized carbons (Fsp3) is 1.00. The van der Waals surface area contributed by atoms with E-state index in [1.165, 1.54) is 19.3 Å². The summed E-state index contributed by atoms with van der Waals surface area (Å²) in [5.41, 5.74) is 0. The molecule has 0 aliphatic heterocycles. The van der Waals surface area contributed by atoms with Gasteiger partial charge < -0.3 is 10.4 Å². The summed E-state index contributed by atoms with van der Waals surface area (Å²) >= 11 is 0. The van der Waals surface area contributed by atoms with Crippen LogP contribution in [0.1, 0.15) is 32.6 Å². The Balaban J connectivity index is 1.80. The fourth-order valence-electron chi connectivity index (χ4n) is 1.31. The SMILES string of the molecule is CC(O)CCNCC1CCC1. The highest BCUT2D eigenvalue weighted by Crippen LogP contribution is 2.24. The van der Waals surface area contributed by atoms with Crippen LogP contribution in [-0.2, 0) is 0 Å². The first-order valence-electron chi connectivity index (χ1n) is 4.68. The van der Waals surface area contributed by atoms with E-state index in [0.29, 0.717) is 0 Å². The Kier molecular flexibility index (Phi) is 3.87. The second-order valence-electron chi connectivity index (χ2n) is 3.64. The number of hydrogen-bond acceptors (Lipinski definition) is 2. The molecular formula is C9H19NO. The van der Waals surface area contributed by atoms with E-state index in [1.807, 2.05) is 6.92 Å². The Hall–Kier alpha value is -0.0800. The quantitative estimate of drug-likeness (QED) is 0.587. The molecule has 1 fully saturated rings. The van der Waals surface area contributed by atoms with Gasteiger partial charge in [0.15, 0.2) is 0 Å². The molecule has 0 aromatic rings. The van der Waals surface area contributed by atoms with Gasteiger partial charge in [-0.25, -0.2) is 0 Å². The molecule has 0 heterocycles. The van der Waals surface area contributed by atoms with Gasteiger partial charge in [-0.15, -0.1) is 0 Å². The van der Waals surface area contributed by atoms with Crippen molar-refractivity contribution in [2.75, 3.05) is 13.1 Å². The Bertz CT molecular complexity index is 99.7. The average molecular weight is 157 g/mol. The number of nitrogens with one attached hydrogen (secondary N) is 1. The molecule has 2 nitrogen and oxygen atoms in total. The van der Waals surface area contributed by atoms with Crippen LogP contribution in [0, 0.1) is 5.92 Å². The van der Waals surface area contributed by atoms with Crippen molar-refractivity contribution >= 4 is 0 Å². The molecule has 1 aliphatic rings. The number of hydrogen-bond donors (Lipinski definition) is 2. The predicted molar refractivity (Wildman–Crippen MR) is 46.5 cm³/mol.